The molecule has 0 spiro atoms. The summed E-state index contributed by atoms with van der Waals surface area (Å²) in [6.45, 7) is 5.66. The molecule has 2 aromatic carbocycles. The van der Waals surface area contributed by atoms with Crippen LogP contribution >= 0.6 is 0 Å². The van der Waals surface area contributed by atoms with E-state index in [1.54, 1.807) is 14.0 Å². The number of methoxy groups -OCH3 is 1. The van der Waals surface area contributed by atoms with Crippen molar-refractivity contribution in [1.82, 2.24) is 5.32 Å². The number of amides is 1. The van der Waals surface area contributed by atoms with E-state index in [4.69, 9.17) is 10.5 Å². The van der Waals surface area contributed by atoms with Crippen molar-refractivity contribution in [3.8, 4) is 5.75 Å². The lowest BCUT2D eigenvalue weighted by Gasteiger charge is -2.27. The Morgan fingerprint density at radius 3 is 2.48 bits per heavy atom. The fourth-order valence-corrected chi connectivity index (χ4v) is 2.53. The van der Waals surface area contributed by atoms with E-state index < -0.39 is 5.54 Å². The summed E-state index contributed by atoms with van der Waals surface area (Å²) >= 11 is 0. The summed E-state index contributed by atoms with van der Waals surface area (Å²) in [5, 5.41) is 2.99. The van der Waals surface area contributed by atoms with Crippen LogP contribution in [0.3, 0.4) is 0 Å². The van der Waals surface area contributed by atoms with Crippen molar-refractivity contribution in [2.75, 3.05) is 7.11 Å². The van der Waals surface area contributed by atoms with Crippen molar-refractivity contribution in [2.24, 2.45) is 5.73 Å². The van der Waals surface area contributed by atoms with E-state index in [9.17, 15) is 4.79 Å². The number of benzene rings is 2. The normalized spacial score (nSPS) is 14.7. The third kappa shape index (κ3) is 3.71. The number of hydrogen-bond donors (Lipinski definition) is 2. The number of nitrogens with two attached hydrogens (primary N) is 1. The number of nitrogens with one attached hydrogen (secondary N) is 1. The van der Waals surface area contributed by atoms with Gasteiger partial charge in [-0.05, 0) is 32.4 Å². The molecule has 0 bridgehead atoms. The number of ether oxygens (including phenoxy) is 1. The number of aryl methyl sites for hydroxylation is 1. The van der Waals surface area contributed by atoms with Crippen LogP contribution in [0, 0.1) is 6.92 Å². The van der Waals surface area contributed by atoms with Gasteiger partial charge in [-0.15, -0.1) is 0 Å². The van der Waals surface area contributed by atoms with Gasteiger partial charge in [-0.2, -0.15) is 0 Å². The third-order valence-electron chi connectivity index (χ3n) is 4.04. The lowest BCUT2D eigenvalue weighted by Crippen LogP contribution is -2.49. The number of carbonyl (C=O) groups is 1. The minimum Gasteiger partial charge on any atom is -0.496 e. The molecule has 0 aliphatic rings. The van der Waals surface area contributed by atoms with E-state index in [2.05, 4.69) is 5.32 Å². The second kappa shape index (κ2) is 6.84. The van der Waals surface area contributed by atoms with Crippen molar-refractivity contribution in [1.29, 1.82) is 0 Å². The maximum absolute atomic E-state index is 12.7. The van der Waals surface area contributed by atoms with Gasteiger partial charge in [-0.25, -0.2) is 0 Å². The molecule has 4 nitrogen and oxygen atoms in total. The van der Waals surface area contributed by atoms with E-state index >= 15 is 0 Å². The van der Waals surface area contributed by atoms with Gasteiger partial charge in [0.25, 0.3) is 0 Å². The molecule has 2 unspecified atom stereocenters. The van der Waals surface area contributed by atoms with Crippen LogP contribution in [0.2, 0.25) is 0 Å². The zero-order chi connectivity index (χ0) is 17.0. The predicted octanol–water partition coefficient (Wildman–Crippen LogP) is 3.05. The molecule has 3 N–H and O–H groups in total. The fourth-order valence-electron chi connectivity index (χ4n) is 2.53. The first-order chi connectivity index (χ1) is 10.9. The molecular formula is C19H24N2O2. The van der Waals surface area contributed by atoms with E-state index in [-0.39, 0.29) is 11.9 Å². The Morgan fingerprint density at radius 1 is 1.22 bits per heavy atom. The van der Waals surface area contributed by atoms with Crippen LogP contribution in [-0.2, 0) is 10.3 Å². The quantitative estimate of drug-likeness (QED) is 0.892. The molecule has 0 aromatic heterocycles. The highest BCUT2D eigenvalue weighted by atomic mass is 16.5. The van der Waals surface area contributed by atoms with Gasteiger partial charge in [0.2, 0.25) is 5.91 Å². The first kappa shape index (κ1) is 17.0. The highest BCUT2D eigenvalue weighted by Gasteiger charge is 2.31. The maximum Gasteiger partial charge on any atom is 0.244 e. The molecular weight excluding hydrogens is 288 g/mol. The van der Waals surface area contributed by atoms with Gasteiger partial charge in [0.15, 0.2) is 0 Å². The van der Waals surface area contributed by atoms with Crippen LogP contribution in [0.1, 0.15) is 36.6 Å². The van der Waals surface area contributed by atoms with Crippen molar-refractivity contribution in [3.63, 3.8) is 0 Å². The van der Waals surface area contributed by atoms with Gasteiger partial charge >= 0.3 is 0 Å². The Hall–Kier alpha value is -2.33. The Morgan fingerprint density at radius 2 is 1.87 bits per heavy atom. The summed E-state index contributed by atoms with van der Waals surface area (Å²) in [5.41, 5.74) is 8.00. The average molecular weight is 312 g/mol. The highest BCUT2D eigenvalue weighted by Crippen LogP contribution is 2.27. The number of hydrogen-bond acceptors (Lipinski definition) is 3. The summed E-state index contributed by atoms with van der Waals surface area (Å²) in [6.07, 6.45) is 0. The standard InChI is InChI=1S/C19H24N2O2/c1-13-10-11-17(23-4)16(12-13)14(2)21-18(22)19(3,20)15-8-6-5-7-9-15/h5-12,14H,20H2,1-4H3,(H,21,22). The SMILES string of the molecule is COc1ccc(C)cc1C(C)NC(=O)C(C)(N)c1ccccc1. The van der Waals surface area contributed by atoms with Crippen molar-refractivity contribution < 1.29 is 9.53 Å². The molecule has 0 heterocycles. The molecule has 2 aromatic rings. The molecule has 2 atom stereocenters. The van der Waals surface area contributed by atoms with Crippen LogP contribution < -0.4 is 15.8 Å². The summed E-state index contributed by atoms with van der Waals surface area (Å²) in [7, 11) is 1.62. The van der Waals surface area contributed by atoms with E-state index in [0.29, 0.717) is 0 Å². The lowest BCUT2D eigenvalue weighted by molar-refractivity contribution is -0.126. The molecule has 0 aliphatic heterocycles. The van der Waals surface area contributed by atoms with Crippen LogP contribution in [0.15, 0.2) is 48.5 Å². The summed E-state index contributed by atoms with van der Waals surface area (Å²) in [4.78, 5) is 12.7. The molecule has 0 aliphatic carbocycles. The molecule has 4 heteroatoms. The summed E-state index contributed by atoms with van der Waals surface area (Å²) in [6, 6.07) is 15.1. The second-order valence-corrected chi connectivity index (χ2v) is 6.01. The maximum atomic E-state index is 12.7. The van der Waals surface area contributed by atoms with Gasteiger partial charge in [0.05, 0.1) is 13.2 Å². The zero-order valence-electron chi connectivity index (χ0n) is 14.1. The molecule has 2 rings (SSSR count). The van der Waals surface area contributed by atoms with Crippen LogP contribution in [0.4, 0.5) is 0 Å². The topological polar surface area (TPSA) is 64.3 Å². The van der Waals surface area contributed by atoms with Gasteiger partial charge in [-0.1, -0.05) is 48.0 Å². The lowest BCUT2D eigenvalue weighted by atomic mass is 9.91. The third-order valence-corrected chi connectivity index (χ3v) is 4.04. The van der Waals surface area contributed by atoms with Gasteiger partial charge < -0.3 is 15.8 Å². The first-order valence-electron chi connectivity index (χ1n) is 7.66. The molecule has 0 fully saturated rings. The van der Waals surface area contributed by atoms with E-state index in [1.807, 2.05) is 62.4 Å². The Labute approximate surface area is 137 Å². The number of carbonyl (C=O) groups excluding carboxylic acids is 1. The molecule has 0 saturated heterocycles. The smallest absolute Gasteiger partial charge is 0.244 e. The van der Waals surface area contributed by atoms with Gasteiger partial charge in [0.1, 0.15) is 11.3 Å². The fraction of sp³-hybridized carbons (Fsp3) is 0.316. The molecule has 122 valence electrons. The van der Waals surface area contributed by atoms with Crippen molar-refractivity contribution in [2.45, 2.75) is 32.4 Å². The first-order valence-corrected chi connectivity index (χ1v) is 7.66. The average Bonchev–Trinajstić information content (AvgIpc) is 2.55. The van der Waals surface area contributed by atoms with E-state index in [1.165, 1.54) is 0 Å². The van der Waals surface area contributed by atoms with Crippen LogP contribution in [0.5, 0.6) is 5.75 Å². The van der Waals surface area contributed by atoms with Crippen LogP contribution in [0.25, 0.3) is 0 Å². The van der Waals surface area contributed by atoms with Crippen molar-refractivity contribution >= 4 is 5.91 Å². The Bertz CT molecular complexity index is 681. The van der Waals surface area contributed by atoms with Crippen LogP contribution in [-0.4, -0.2) is 13.0 Å². The highest BCUT2D eigenvalue weighted by molar-refractivity contribution is 5.87. The monoisotopic (exact) mass is 312 g/mol. The summed E-state index contributed by atoms with van der Waals surface area (Å²) in [5.74, 6) is 0.529. The minimum atomic E-state index is -1.09. The molecule has 0 saturated carbocycles. The Balaban J connectivity index is 2.21. The molecule has 0 radical (unpaired) electrons. The zero-order valence-corrected chi connectivity index (χ0v) is 14.1. The summed E-state index contributed by atoms with van der Waals surface area (Å²) < 4.78 is 5.39. The van der Waals surface area contributed by atoms with Gasteiger partial charge in [0, 0.05) is 5.56 Å². The molecule has 1 amide bonds. The Kier molecular flexibility index (Phi) is 5.06. The predicted molar refractivity (Wildman–Crippen MR) is 92.3 cm³/mol. The minimum absolute atomic E-state index is 0.205. The van der Waals surface area contributed by atoms with E-state index in [0.717, 1.165) is 22.4 Å². The largest absolute Gasteiger partial charge is 0.496 e. The number of rotatable bonds is 5. The molecule has 23 heavy (non-hydrogen) atoms. The second-order valence-electron chi connectivity index (χ2n) is 6.01. The van der Waals surface area contributed by atoms with Gasteiger partial charge in [-0.3, -0.25) is 4.79 Å². The van der Waals surface area contributed by atoms with Crippen molar-refractivity contribution in [3.05, 3.63) is 65.2 Å².